The van der Waals surface area contributed by atoms with Gasteiger partial charge in [-0.1, -0.05) is 98.3 Å². The summed E-state index contributed by atoms with van der Waals surface area (Å²) in [6.45, 7) is 23.5. The number of benzene rings is 2. The van der Waals surface area contributed by atoms with Gasteiger partial charge >= 0.3 is 12.1 Å². The zero-order chi connectivity index (χ0) is 38.5. The van der Waals surface area contributed by atoms with Crippen LogP contribution in [0.25, 0.3) is 11.3 Å². The maximum absolute atomic E-state index is 13.1. The lowest BCUT2D eigenvalue weighted by atomic mass is 9.86. The first-order chi connectivity index (χ1) is 23.7. The fraction of sp³-hybridized carbons (Fsp3) is 0.610. The normalized spacial score (nSPS) is 16.3. The molecule has 52 heavy (non-hydrogen) atoms. The van der Waals surface area contributed by atoms with Gasteiger partial charge in [-0.15, -0.1) is 0 Å². The largest absolute Gasteiger partial charge is 0.464 e. The highest BCUT2D eigenvalue weighted by Gasteiger charge is 2.29. The second-order valence-corrected chi connectivity index (χ2v) is 19.2. The van der Waals surface area contributed by atoms with E-state index in [4.69, 9.17) is 19.3 Å². The van der Waals surface area contributed by atoms with E-state index in [1.807, 2.05) is 105 Å². The molecule has 0 aliphatic heterocycles. The van der Waals surface area contributed by atoms with Gasteiger partial charge in [0.2, 0.25) is 0 Å². The minimum absolute atomic E-state index is 0. The SMILES string of the molecule is C.CC(C)(C)CO.CN=N/C1=C(\C)c2ccccc2C(OC(=O)NCCC(C)(C)OCC(C)(C)SSCCOC(=O)C(C)(C)C)Cc2ccccc21. The maximum Gasteiger partial charge on any atom is 0.407 e. The van der Waals surface area contributed by atoms with Crippen LogP contribution in [0.3, 0.4) is 0 Å². The molecule has 1 amide bonds. The number of alkyl carbamates (subject to hydrolysis) is 1. The summed E-state index contributed by atoms with van der Waals surface area (Å²) in [4.78, 5) is 25.0. The Hall–Kier alpha value is -2.86. The molecular weight excluding hydrogens is 695 g/mol. The number of azo groups is 1. The number of hydrogen-bond donors (Lipinski definition) is 2. The van der Waals surface area contributed by atoms with Gasteiger partial charge in [0.15, 0.2) is 0 Å². The molecule has 0 aromatic heterocycles. The van der Waals surface area contributed by atoms with Gasteiger partial charge in [-0.3, -0.25) is 4.79 Å². The van der Waals surface area contributed by atoms with Crippen LogP contribution >= 0.6 is 21.6 Å². The number of allylic oxidation sites excluding steroid dienone is 1. The standard InChI is InChI=1S/C35H49N3O5S2.C5H12O.CH4/c1-24-26-15-12-13-17-28(26)29(22-25-14-10-11-16-27(25)30(24)38-36-9)43-32(40)37-19-18-34(5,6)42-23-35(7,8)45-44-21-20-41-31(39)33(2,3)4;1-5(2,3)4-6;/h10-17,29H,18-23H2,1-9H3,(H,37,40);6H,4H2,1-3H3;1H4/b30-24+,38-36?;;. The lowest BCUT2D eigenvalue weighted by Gasteiger charge is -2.31. The number of amides is 1. The Bertz CT molecular complexity index is 1490. The first kappa shape index (κ1) is 47.2. The maximum atomic E-state index is 13.1. The van der Waals surface area contributed by atoms with Crippen LogP contribution in [0.1, 0.15) is 118 Å². The third-order valence-corrected chi connectivity index (χ3v) is 11.0. The van der Waals surface area contributed by atoms with E-state index in [2.05, 4.69) is 35.5 Å². The molecule has 0 bridgehead atoms. The van der Waals surface area contributed by atoms with Gasteiger partial charge in [-0.25, -0.2) is 4.79 Å². The van der Waals surface area contributed by atoms with E-state index in [0.29, 0.717) is 38.4 Å². The number of hydrogen-bond acceptors (Lipinski definition) is 10. The summed E-state index contributed by atoms with van der Waals surface area (Å²) in [5.74, 6) is 0.527. The van der Waals surface area contributed by atoms with Crippen LogP contribution in [0.4, 0.5) is 4.79 Å². The lowest BCUT2D eigenvalue weighted by Crippen LogP contribution is -2.36. The fourth-order valence-corrected chi connectivity index (χ4v) is 6.93. The van der Waals surface area contributed by atoms with E-state index in [1.54, 1.807) is 28.6 Å². The van der Waals surface area contributed by atoms with Gasteiger partial charge in [0.05, 0.1) is 23.3 Å². The summed E-state index contributed by atoms with van der Waals surface area (Å²) in [6.07, 6.45) is 0.220. The van der Waals surface area contributed by atoms with Crippen molar-refractivity contribution >= 4 is 44.9 Å². The molecular formula is C41H65N3O6S2. The Morgan fingerprint density at radius 1 is 0.942 bits per heavy atom. The van der Waals surface area contributed by atoms with Crippen molar-refractivity contribution in [3.8, 4) is 0 Å². The summed E-state index contributed by atoms with van der Waals surface area (Å²) in [6, 6.07) is 16.1. The van der Waals surface area contributed by atoms with Gasteiger partial charge in [0.1, 0.15) is 12.7 Å². The highest BCUT2D eigenvalue weighted by molar-refractivity contribution is 8.77. The zero-order valence-corrected chi connectivity index (χ0v) is 34.5. The molecule has 9 nitrogen and oxygen atoms in total. The molecule has 0 radical (unpaired) electrons. The number of carbonyl (C=O) groups excluding carboxylic acids is 2. The molecule has 0 fully saturated rings. The topological polar surface area (TPSA) is 119 Å². The molecule has 2 aromatic carbocycles. The van der Waals surface area contributed by atoms with Gasteiger partial charge in [-0.05, 0) is 83.9 Å². The Kier molecular flexibility index (Phi) is 19.2. The van der Waals surface area contributed by atoms with Crippen molar-refractivity contribution in [1.82, 2.24) is 5.32 Å². The van der Waals surface area contributed by atoms with Crippen LogP contribution < -0.4 is 5.32 Å². The number of ether oxygens (including phenoxy) is 3. The molecule has 0 heterocycles. The Morgan fingerprint density at radius 3 is 2.13 bits per heavy atom. The van der Waals surface area contributed by atoms with Crippen LogP contribution in [0.5, 0.6) is 0 Å². The molecule has 0 saturated heterocycles. The Labute approximate surface area is 321 Å². The molecule has 3 rings (SSSR count). The van der Waals surface area contributed by atoms with Crippen LogP contribution in [-0.2, 0) is 25.4 Å². The smallest absolute Gasteiger partial charge is 0.407 e. The molecule has 292 valence electrons. The number of nitrogens with zero attached hydrogens (tertiary/aromatic N) is 2. The molecule has 1 unspecified atom stereocenters. The molecule has 0 spiro atoms. The van der Waals surface area contributed by atoms with Gasteiger partial charge in [0.25, 0.3) is 0 Å². The number of esters is 1. The van der Waals surface area contributed by atoms with Crippen molar-refractivity contribution in [1.29, 1.82) is 0 Å². The number of carbonyl (C=O) groups is 2. The van der Waals surface area contributed by atoms with E-state index in [-0.39, 0.29) is 30.2 Å². The second-order valence-electron chi connectivity index (χ2n) is 16.1. The molecule has 1 aliphatic carbocycles. The summed E-state index contributed by atoms with van der Waals surface area (Å²) >= 11 is 0. The van der Waals surface area contributed by atoms with Crippen LogP contribution in [-0.4, -0.2) is 66.7 Å². The van der Waals surface area contributed by atoms with E-state index in [0.717, 1.165) is 33.5 Å². The Morgan fingerprint density at radius 2 is 1.54 bits per heavy atom. The number of aliphatic hydroxyl groups is 1. The van der Waals surface area contributed by atoms with Gasteiger partial charge in [0, 0.05) is 48.2 Å². The zero-order valence-electron chi connectivity index (χ0n) is 32.8. The molecule has 1 atom stereocenters. The summed E-state index contributed by atoms with van der Waals surface area (Å²) in [7, 11) is 5.06. The predicted molar refractivity (Wildman–Crippen MR) is 220 cm³/mol. The van der Waals surface area contributed by atoms with Crippen molar-refractivity contribution in [2.75, 3.05) is 39.2 Å². The van der Waals surface area contributed by atoms with Crippen molar-refractivity contribution < 1.29 is 28.9 Å². The van der Waals surface area contributed by atoms with Crippen molar-refractivity contribution in [3.05, 3.63) is 70.8 Å². The van der Waals surface area contributed by atoms with Crippen LogP contribution in [0, 0.1) is 10.8 Å². The molecule has 1 aliphatic rings. The van der Waals surface area contributed by atoms with Crippen LogP contribution in [0.2, 0.25) is 0 Å². The van der Waals surface area contributed by atoms with Crippen molar-refractivity contribution in [2.45, 2.75) is 113 Å². The number of aliphatic hydroxyl groups excluding tert-OH is 1. The minimum Gasteiger partial charge on any atom is -0.464 e. The van der Waals surface area contributed by atoms with Crippen LogP contribution in [0.15, 0.2) is 58.8 Å². The Balaban J connectivity index is 0.00000177. The van der Waals surface area contributed by atoms with E-state index in [9.17, 15) is 9.59 Å². The molecule has 2 N–H and O–H groups in total. The number of nitrogens with one attached hydrogen (secondary N) is 1. The van der Waals surface area contributed by atoms with E-state index in [1.165, 1.54) is 0 Å². The highest BCUT2D eigenvalue weighted by Crippen LogP contribution is 2.39. The number of fused-ring (bicyclic) bond motifs is 2. The monoisotopic (exact) mass is 759 g/mol. The summed E-state index contributed by atoms with van der Waals surface area (Å²) in [5, 5.41) is 19.9. The predicted octanol–water partition coefficient (Wildman–Crippen LogP) is 10.6. The van der Waals surface area contributed by atoms with Crippen molar-refractivity contribution in [3.63, 3.8) is 0 Å². The third kappa shape index (κ3) is 16.4. The average molecular weight is 760 g/mol. The van der Waals surface area contributed by atoms with Gasteiger partial charge in [-0.2, -0.15) is 10.2 Å². The average Bonchev–Trinajstić information content (AvgIpc) is 3.05. The van der Waals surface area contributed by atoms with Crippen molar-refractivity contribution in [2.24, 2.45) is 21.1 Å². The molecule has 11 heteroatoms. The van der Waals surface area contributed by atoms with E-state index >= 15 is 0 Å². The fourth-order valence-electron chi connectivity index (χ4n) is 4.71. The second kappa shape index (κ2) is 21.1. The number of rotatable bonds is 13. The highest BCUT2D eigenvalue weighted by atomic mass is 33.1. The quantitative estimate of drug-likeness (QED) is 0.0897. The summed E-state index contributed by atoms with van der Waals surface area (Å²) in [5.41, 5.74) is 4.95. The summed E-state index contributed by atoms with van der Waals surface area (Å²) < 4.78 is 17.6. The third-order valence-electron chi connectivity index (χ3n) is 7.77. The van der Waals surface area contributed by atoms with E-state index < -0.39 is 23.2 Å². The first-order valence-electron chi connectivity index (χ1n) is 17.5. The first-order valence-corrected chi connectivity index (χ1v) is 19.9. The molecule has 2 aromatic rings. The molecule has 0 saturated carbocycles. The minimum atomic E-state index is -0.488. The van der Waals surface area contributed by atoms with Gasteiger partial charge < -0.3 is 24.6 Å². The lowest BCUT2D eigenvalue weighted by molar-refractivity contribution is -0.152.